The number of rotatable bonds is 8. The highest BCUT2D eigenvalue weighted by Crippen LogP contribution is 2.42. The van der Waals surface area contributed by atoms with Gasteiger partial charge in [0.05, 0.1) is 50.5 Å². The van der Waals surface area contributed by atoms with Gasteiger partial charge in [0, 0.05) is 0 Å². The van der Waals surface area contributed by atoms with Gasteiger partial charge in [0.1, 0.15) is 0 Å². The molecule has 4 rings (SSSR count). The summed E-state index contributed by atoms with van der Waals surface area (Å²) in [5, 5.41) is 0. The van der Waals surface area contributed by atoms with Crippen molar-refractivity contribution in [3.8, 4) is 0 Å². The maximum atomic E-state index is 10.2. The Morgan fingerprint density at radius 1 is 0.731 bits per heavy atom. The van der Waals surface area contributed by atoms with Gasteiger partial charge in [-0.15, -0.1) is 0 Å². The van der Waals surface area contributed by atoms with Gasteiger partial charge in [-0.25, -0.2) is 0 Å². The quantitative estimate of drug-likeness (QED) is 0.720. The molecule has 2 aliphatic rings. The van der Waals surface area contributed by atoms with Gasteiger partial charge in [0.2, 0.25) is 0 Å². The molecule has 0 amide bonds. The Morgan fingerprint density at radius 2 is 1.12 bits per heavy atom. The maximum Gasteiger partial charge on any atom is 0.329 e. The van der Waals surface area contributed by atoms with E-state index in [1.54, 1.807) is 0 Å². The molecule has 2 heterocycles. The molecule has 0 aromatic heterocycles. The smallest absolute Gasteiger partial charge is 0.329 e. The number of hydrogen-bond donors (Lipinski definition) is 1. The first-order valence-electron chi connectivity index (χ1n) is 8.74. The van der Waals surface area contributed by atoms with E-state index in [9.17, 15) is 4.89 Å². The fourth-order valence-corrected chi connectivity index (χ4v) is 4.13. The molecule has 0 spiro atoms. The van der Waals surface area contributed by atoms with Crippen molar-refractivity contribution in [2.24, 2.45) is 0 Å². The Kier molecular flexibility index (Phi) is 5.37. The monoisotopic (exact) mass is 374 g/mol. The summed E-state index contributed by atoms with van der Waals surface area (Å²) in [6.07, 6.45) is 0. The lowest BCUT2D eigenvalue weighted by molar-refractivity contribution is -0.0901. The van der Waals surface area contributed by atoms with Gasteiger partial charge in [0.25, 0.3) is 0 Å². The summed E-state index contributed by atoms with van der Waals surface area (Å²) in [5.74, 6) is 0. The average Bonchev–Trinajstić information content (AvgIpc) is 2.62. The Balaban J connectivity index is 1.32. The van der Waals surface area contributed by atoms with Crippen molar-refractivity contribution >= 4 is 8.60 Å². The molecule has 2 fully saturated rings. The van der Waals surface area contributed by atoms with Crippen LogP contribution in [0.5, 0.6) is 0 Å². The molecule has 138 valence electrons. The normalized spacial score (nSPS) is 20.4. The summed E-state index contributed by atoms with van der Waals surface area (Å²) in [6.45, 7) is 3.16. The van der Waals surface area contributed by atoms with Gasteiger partial charge >= 0.3 is 8.60 Å². The van der Waals surface area contributed by atoms with E-state index in [0.717, 1.165) is 0 Å². The third-order valence-electron chi connectivity index (χ3n) is 5.19. The standard InChI is InChI=1S/C20H23O5P/c21-26(24-15-19(11-22-12-19)17-7-3-1-4-8-17)25-16-20(13-23-14-20)18-9-5-2-6-10-18/h1-10,21H,11-16H2. The van der Waals surface area contributed by atoms with E-state index >= 15 is 0 Å². The van der Waals surface area contributed by atoms with Gasteiger partial charge < -0.3 is 23.4 Å². The van der Waals surface area contributed by atoms with Crippen molar-refractivity contribution in [3.05, 3.63) is 71.8 Å². The predicted octanol–water partition coefficient (Wildman–Crippen LogP) is 3.18. The molecule has 26 heavy (non-hydrogen) atoms. The molecule has 0 radical (unpaired) electrons. The minimum Gasteiger partial charge on any atom is -0.379 e. The molecular formula is C20H23O5P. The minimum absolute atomic E-state index is 0.190. The summed E-state index contributed by atoms with van der Waals surface area (Å²) in [5.41, 5.74) is 1.96. The number of ether oxygens (including phenoxy) is 2. The molecule has 0 bridgehead atoms. The Bertz CT molecular complexity index is 639. The Hall–Kier alpha value is -1.33. The van der Waals surface area contributed by atoms with Gasteiger partial charge in [-0.2, -0.15) is 0 Å². The first kappa shape index (κ1) is 18.1. The van der Waals surface area contributed by atoms with E-state index in [2.05, 4.69) is 24.3 Å². The fourth-order valence-electron chi connectivity index (χ4n) is 3.34. The molecule has 5 nitrogen and oxygen atoms in total. The minimum atomic E-state index is -1.94. The third kappa shape index (κ3) is 3.56. The summed E-state index contributed by atoms with van der Waals surface area (Å²) < 4.78 is 22.2. The molecule has 0 aliphatic carbocycles. The van der Waals surface area contributed by atoms with E-state index in [1.807, 2.05) is 36.4 Å². The van der Waals surface area contributed by atoms with Crippen LogP contribution in [0.15, 0.2) is 60.7 Å². The van der Waals surface area contributed by atoms with Crippen LogP contribution in [0.3, 0.4) is 0 Å². The molecule has 6 heteroatoms. The van der Waals surface area contributed by atoms with Crippen LogP contribution in [-0.4, -0.2) is 44.5 Å². The second kappa shape index (κ2) is 7.73. The molecule has 2 aliphatic heterocycles. The first-order valence-corrected chi connectivity index (χ1v) is 9.87. The van der Waals surface area contributed by atoms with Crippen molar-refractivity contribution < 1.29 is 23.4 Å². The summed E-state index contributed by atoms with van der Waals surface area (Å²) in [6, 6.07) is 20.3. The Labute approximate surface area is 154 Å². The zero-order valence-electron chi connectivity index (χ0n) is 14.5. The second-order valence-corrected chi connectivity index (χ2v) is 8.06. The molecular weight excluding hydrogens is 351 g/mol. The van der Waals surface area contributed by atoms with Gasteiger partial charge in [-0.3, -0.25) is 0 Å². The zero-order valence-corrected chi connectivity index (χ0v) is 15.4. The SMILES string of the molecule is OP(OCC1(c2ccccc2)COC1)OCC1(c2ccccc2)COC1. The molecule has 2 saturated heterocycles. The van der Waals surface area contributed by atoms with Crippen LogP contribution < -0.4 is 0 Å². The lowest BCUT2D eigenvalue weighted by Crippen LogP contribution is -2.50. The fraction of sp³-hybridized carbons (Fsp3) is 0.400. The van der Waals surface area contributed by atoms with Gasteiger partial charge in [-0.1, -0.05) is 60.7 Å². The largest absolute Gasteiger partial charge is 0.379 e. The van der Waals surface area contributed by atoms with E-state index in [4.69, 9.17) is 18.5 Å². The van der Waals surface area contributed by atoms with Crippen LogP contribution in [0, 0.1) is 0 Å². The van der Waals surface area contributed by atoms with E-state index < -0.39 is 8.60 Å². The summed E-state index contributed by atoms with van der Waals surface area (Å²) >= 11 is 0. The van der Waals surface area contributed by atoms with E-state index in [-0.39, 0.29) is 10.8 Å². The average molecular weight is 374 g/mol. The molecule has 1 N–H and O–H groups in total. The zero-order chi connectivity index (χ0) is 17.9. The lowest BCUT2D eigenvalue weighted by Gasteiger charge is -2.43. The van der Waals surface area contributed by atoms with Crippen LogP contribution in [-0.2, 0) is 29.4 Å². The van der Waals surface area contributed by atoms with Crippen LogP contribution in [0.1, 0.15) is 11.1 Å². The summed E-state index contributed by atoms with van der Waals surface area (Å²) in [4.78, 5) is 10.2. The highest BCUT2D eigenvalue weighted by Gasteiger charge is 2.43. The van der Waals surface area contributed by atoms with Crippen molar-refractivity contribution in [1.29, 1.82) is 0 Å². The maximum absolute atomic E-state index is 10.2. The third-order valence-corrected chi connectivity index (χ3v) is 5.89. The van der Waals surface area contributed by atoms with Crippen LogP contribution in [0.2, 0.25) is 0 Å². The van der Waals surface area contributed by atoms with Crippen LogP contribution >= 0.6 is 8.60 Å². The van der Waals surface area contributed by atoms with Crippen molar-refractivity contribution in [1.82, 2.24) is 0 Å². The van der Waals surface area contributed by atoms with E-state index in [0.29, 0.717) is 39.6 Å². The molecule has 0 atom stereocenters. The van der Waals surface area contributed by atoms with Crippen molar-refractivity contribution in [2.75, 3.05) is 39.6 Å². The van der Waals surface area contributed by atoms with Crippen LogP contribution in [0.25, 0.3) is 0 Å². The summed E-state index contributed by atoms with van der Waals surface area (Å²) in [7, 11) is -1.94. The lowest BCUT2D eigenvalue weighted by atomic mass is 9.79. The predicted molar refractivity (Wildman–Crippen MR) is 98.9 cm³/mol. The molecule has 0 unspecified atom stereocenters. The molecule has 0 saturated carbocycles. The topological polar surface area (TPSA) is 57.2 Å². The first-order chi connectivity index (χ1) is 12.7. The second-order valence-electron chi connectivity index (χ2n) is 7.06. The van der Waals surface area contributed by atoms with Gasteiger partial charge in [-0.05, 0) is 11.1 Å². The van der Waals surface area contributed by atoms with Crippen LogP contribution in [0.4, 0.5) is 0 Å². The van der Waals surface area contributed by atoms with Gasteiger partial charge in [0.15, 0.2) is 0 Å². The molecule has 2 aromatic rings. The molecule has 2 aromatic carbocycles. The number of benzene rings is 2. The highest BCUT2D eigenvalue weighted by atomic mass is 31.2. The van der Waals surface area contributed by atoms with Crippen molar-refractivity contribution in [3.63, 3.8) is 0 Å². The number of hydrogen-bond acceptors (Lipinski definition) is 5. The highest BCUT2D eigenvalue weighted by molar-refractivity contribution is 7.40. The van der Waals surface area contributed by atoms with Crippen molar-refractivity contribution in [2.45, 2.75) is 10.8 Å². The van der Waals surface area contributed by atoms with E-state index in [1.165, 1.54) is 11.1 Å². The Morgan fingerprint density at radius 3 is 1.42 bits per heavy atom.